The van der Waals surface area contributed by atoms with Gasteiger partial charge in [0.25, 0.3) is 11.8 Å². The van der Waals surface area contributed by atoms with Gasteiger partial charge in [0.2, 0.25) is 0 Å². The number of esters is 1. The number of carbonyl (C=O) groups excluding carboxylic acids is 3. The van der Waals surface area contributed by atoms with Crippen LogP contribution in [0.25, 0.3) is 0 Å². The molecule has 30 heavy (non-hydrogen) atoms. The Labute approximate surface area is 175 Å². The normalized spacial score (nSPS) is 11.2. The van der Waals surface area contributed by atoms with Crippen LogP contribution < -0.4 is 20.1 Å². The number of amides is 2. The average Bonchev–Trinajstić information content (AvgIpc) is 2.75. The molecule has 2 rings (SSSR count). The Kier molecular flexibility index (Phi) is 8.22. The van der Waals surface area contributed by atoms with Crippen LogP contribution in [0.2, 0.25) is 0 Å². The predicted molar refractivity (Wildman–Crippen MR) is 111 cm³/mol. The van der Waals surface area contributed by atoms with Crippen LogP contribution in [0.1, 0.15) is 34.5 Å². The van der Waals surface area contributed by atoms with Crippen molar-refractivity contribution in [2.45, 2.75) is 19.9 Å². The van der Waals surface area contributed by atoms with Gasteiger partial charge in [-0.05, 0) is 44.2 Å². The van der Waals surface area contributed by atoms with Crippen molar-refractivity contribution in [3.63, 3.8) is 0 Å². The molecule has 0 aliphatic rings. The maximum absolute atomic E-state index is 12.1. The Balaban J connectivity index is 1.81. The van der Waals surface area contributed by atoms with E-state index < -0.39 is 24.5 Å². The fourth-order valence-corrected chi connectivity index (χ4v) is 2.78. The molecule has 2 aromatic carbocycles. The molecule has 0 unspecified atom stereocenters. The minimum absolute atomic E-state index is 0.334. The summed E-state index contributed by atoms with van der Waals surface area (Å²) < 4.78 is 15.4. The molecule has 0 aliphatic heterocycles. The number of aryl methyl sites for hydroxylation is 1. The number of ether oxygens (including phenoxy) is 3. The third-order valence-corrected chi connectivity index (χ3v) is 4.32. The van der Waals surface area contributed by atoms with Crippen LogP contribution in [0.5, 0.6) is 11.5 Å². The molecular weight excluding hydrogens is 388 g/mol. The molecule has 0 radical (unpaired) electrons. The van der Waals surface area contributed by atoms with Gasteiger partial charge < -0.3 is 24.8 Å². The molecule has 2 amide bonds. The Bertz CT molecular complexity index is 912. The van der Waals surface area contributed by atoms with Crippen LogP contribution in [-0.4, -0.2) is 45.2 Å². The summed E-state index contributed by atoms with van der Waals surface area (Å²) in [5.41, 5.74) is 2.10. The van der Waals surface area contributed by atoms with E-state index in [9.17, 15) is 14.4 Å². The highest BCUT2D eigenvalue weighted by Gasteiger charge is 2.17. The maximum Gasteiger partial charge on any atom is 0.325 e. The molecule has 1 atom stereocenters. The highest BCUT2D eigenvalue weighted by Crippen LogP contribution is 2.29. The summed E-state index contributed by atoms with van der Waals surface area (Å²) in [5, 5.41) is 5.20. The Morgan fingerprint density at radius 3 is 2.47 bits per heavy atom. The van der Waals surface area contributed by atoms with Gasteiger partial charge in [-0.1, -0.05) is 17.7 Å². The zero-order valence-corrected chi connectivity index (χ0v) is 17.5. The van der Waals surface area contributed by atoms with Gasteiger partial charge in [0, 0.05) is 11.1 Å². The van der Waals surface area contributed by atoms with Crippen molar-refractivity contribution in [3.05, 3.63) is 59.2 Å². The number of hydrogen-bond acceptors (Lipinski definition) is 6. The molecule has 0 fully saturated rings. The molecule has 0 saturated heterocycles. The van der Waals surface area contributed by atoms with Gasteiger partial charge in [-0.2, -0.15) is 0 Å². The van der Waals surface area contributed by atoms with E-state index in [-0.39, 0.29) is 12.5 Å². The van der Waals surface area contributed by atoms with Crippen molar-refractivity contribution >= 4 is 17.8 Å². The number of carbonyl (C=O) groups is 3. The smallest absolute Gasteiger partial charge is 0.325 e. The van der Waals surface area contributed by atoms with Gasteiger partial charge in [-0.3, -0.25) is 14.4 Å². The molecule has 0 aliphatic carbocycles. The van der Waals surface area contributed by atoms with Gasteiger partial charge in [0.05, 0.1) is 20.3 Å². The van der Waals surface area contributed by atoms with E-state index in [4.69, 9.17) is 14.2 Å². The second kappa shape index (κ2) is 10.8. The third-order valence-electron chi connectivity index (χ3n) is 4.32. The summed E-state index contributed by atoms with van der Waals surface area (Å²) in [7, 11) is 3.08. The predicted octanol–water partition coefficient (Wildman–Crippen LogP) is 2.16. The average molecular weight is 414 g/mol. The zero-order chi connectivity index (χ0) is 22.1. The van der Waals surface area contributed by atoms with Crippen molar-refractivity contribution < 1.29 is 28.6 Å². The molecule has 8 nitrogen and oxygen atoms in total. The zero-order valence-electron chi connectivity index (χ0n) is 17.5. The first-order valence-corrected chi connectivity index (χ1v) is 9.35. The number of hydrogen-bond donors (Lipinski definition) is 2. The second-order valence-corrected chi connectivity index (χ2v) is 6.61. The monoisotopic (exact) mass is 414 g/mol. The molecule has 2 N–H and O–H groups in total. The number of nitrogens with one attached hydrogen (secondary N) is 2. The molecular formula is C22H26N2O6. The highest BCUT2D eigenvalue weighted by molar-refractivity contribution is 5.96. The van der Waals surface area contributed by atoms with Crippen LogP contribution in [0.4, 0.5) is 0 Å². The Morgan fingerprint density at radius 1 is 1.03 bits per heavy atom. The lowest BCUT2D eigenvalue weighted by Crippen LogP contribution is -2.34. The van der Waals surface area contributed by atoms with Gasteiger partial charge in [-0.25, -0.2) is 0 Å². The van der Waals surface area contributed by atoms with Crippen molar-refractivity contribution in [1.29, 1.82) is 0 Å². The van der Waals surface area contributed by atoms with Crippen LogP contribution in [0.3, 0.4) is 0 Å². The Hall–Kier alpha value is -3.55. The molecule has 2 aromatic rings. The van der Waals surface area contributed by atoms with E-state index in [1.165, 1.54) is 7.11 Å². The van der Waals surface area contributed by atoms with Gasteiger partial charge in [0.1, 0.15) is 18.0 Å². The van der Waals surface area contributed by atoms with Crippen molar-refractivity contribution in [2.75, 3.05) is 27.4 Å². The summed E-state index contributed by atoms with van der Waals surface area (Å²) >= 11 is 0. The van der Waals surface area contributed by atoms with Crippen LogP contribution in [0, 0.1) is 6.92 Å². The lowest BCUT2D eigenvalue weighted by molar-refractivity contribution is -0.147. The van der Waals surface area contributed by atoms with E-state index in [1.54, 1.807) is 50.4 Å². The molecule has 8 heteroatoms. The van der Waals surface area contributed by atoms with Crippen molar-refractivity contribution in [1.82, 2.24) is 10.6 Å². The van der Waals surface area contributed by atoms with E-state index in [2.05, 4.69) is 10.6 Å². The van der Waals surface area contributed by atoms with Crippen LogP contribution >= 0.6 is 0 Å². The van der Waals surface area contributed by atoms with Gasteiger partial charge in [-0.15, -0.1) is 0 Å². The largest absolute Gasteiger partial charge is 0.497 e. The minimum atomic E-state index is -0.710. The first-order valence-electron chi connectivity index (χ1n) is 9.35. The number of benzene rings is 2. The molecule has 0 aromatic heterocycles. The number of methoxy groups -OCH3 is 2. The molecule has 0 bridgehead atoms. The van der Waals surface area contributed by atoms with Crippen LogP contribution in [0.15, 0.2) is 42.5 Å². The van der Waals surface area contributed by atoms with Crippen LogP contribution in [-0.2, 0) is 14.3 Å². The quantitative estimate of drug-likeness (QED) is 0.610. The second-order valence-electron chi connectivity index (χ2n) is 6.61. The first-order chi connectivity index (χ1) is 14.3. The third kappa shape index (κ3) is 6.51. The minimum Gasteiger partial charge on any atom is -0.497 e. The lowest BCUT2D eigenvalue weighted by atomic mass is 10.1. The van der Waals surface area contributed by atoms with Gasteiger partial charge >= 0.3 is 5.97 Å². The summed E-state index contributed by atoms with van der Waals surface area (Å²) in [6.07, 6.45) is 0. The fraction of sp³-hybridized carbons (Fsp3) is 0.318. The lowest BCUT2D eigenvalue weighted by Gasteiger charge is -2.18. The Morgan fingerprint density at radius 2 is 1.80 bits per heavy atom. The molecule has 160 valence electrons. The molecule has 0 spiro atoms. The highest BCUT2D eigenvalue weighted by atomic mass is 16.5. The van der Waals surface area contributed by atoms with E-state index in [0.717, 1.165) is 11.1 Å². The standard InChI is InChI=1S/C22H26N2O6/c1-14-6-5-7-16(10-14)22(27)23-12-21(26)30-13-20(25)24-15(2)18-11-17(28-3)8-9-19(18)29-4/h5-11,15H,12-13H2,1-4H3,(H,23,27)(H,24,25)/t15-/m0/s1. The number of rotatable bonds is 9. The summed E-state index contributed by atoms with van der Waals surface area (Å²) in [5.74, 6) is -0.357. The summed E-state index contributed by atoms with van der Waals surface area (Å²) in [4.78, 5) is 36.0. The van der Waals surface area contributed by atoms with Crippen molar-refractivity contribution in [3.8, 4) is 11.5 Å². The van der Waals surface area contributed by atoms with E-state index in [1.807, 2.05) is 13.0 Å². The van der Waals surface area contributed by atoms with Gasteiger partial charge in [0.15, 0.2) is 6.61 Å². The summed E-state index contributed by atoms with van der Waals surface area (Å²) in [6.45, 7) is 2.85. The van der Waals surface area contributed by atoms with E-state index >= 15 is 0 Å². The summed E-state index contributed by atoms with van der Waals surface area (Å²) in [6, 6.07) is 11.8. The van der Waals surface area contributed by atoms with E-state index in [0.29, 0.717) is 17.1 Å². The first kappa shape index (κ1) is 22.7. The molecule has 0 heterocycles. The maximum atomic E-state index is 12.1. The molecule has 0 saturated carbocycles. The fourth-order valence-electron chi connectivity index (χ4n) is 2.78. The topological polar surface area (TPSA) is 103 Å². The van der Waals surface area contributed by atoms with Crippen molar-refractivity contribution in [2.24, 2.45) is 0 Å². The SMILES string of the molecule is COc1ccc(OC)c([C@H](C)NC(=O)COC(=O)CNC(=O)c2cccc(C)c2)c1.